The van der Waals surface area contributed by atoms with Crippen molar-refractivity contribution in [3.05, 3.63) is 35.8 Å². The van der Waals surface area contributed by atoms with Crippen LogP contribution in [0.3, 0.4) is 0 Å². The molecule has 19 heavy (non-hydrogen) atoms. The Labute approximate surface area is 107 Å². The smallest absolute Gasteiger partial charge is 0.225 e. The molecule has 0 aliphatic carbocycles. The second-order valence-electron chi connectivity index (χ2n) is 4.19. The standard InChI is InChI=1S/C13H9N5O/c14-5-7-1-2-9-8(3-7)13-10(6-16-9)17-12(18-13)4-11(15)19/h1-3,6H,4H2,(H2,15,19)(H,17,18). The monoisotopic (exact) mass is 251 g/mol. The molecule has 1 amide bonds. The van der Waals surface area contributed by atoms with Crippen LogP contribution in [0.5, 0.6) is 0 Å². The summed E-state index contributed by atoms with van der Waals surface area (Å²) in [5.74, 6) is 0.0493. The van der Waals surface area contributed by atoms with Gasteiger partial charge < -0.3 is 10.7 Å². The first-order chi connectivity index (χ1) is 9.17. The van der Waals surface area contributed by atoms with Crippen molar-refractivity contribution < 1.29 is 4.79 Å². The van der Waals surface area contributed by atoms with E-state index in [1.54, 1.807) is 24.4 Å². The lowest BCUT2D eigenvalue weighted by atomic mass is 10.1. The molecule has 3 aromatic rings. The van der Waals surface area contributed by atoms with E-state index < -0.39 is 5.91 Å². The summed E-state index contributed by atoms with van der Waals surface area (Å²) in [7, 11) is 0. The fraction of sp³-hybridized carbons (Fsp3) is 0.0769. The third-order valence-corrected chi connectivity index (χ3v) is 2.84. The Kier molecular flexibility index (Phi) is 2.39. The number of carbonyl (C=O) groups excluding carboxylic acids is 1. The number of aromatic amines is 1. The quantitative estimate of drug-likeness (QED) is 0.708. The highest BCUT2D eigenvalue weighted by Crippen LogP contribution is 2.22. The predicted molar refractivity (Wildman–Crippen MR) is 69.0 cm³/mol. The van der Waals surface area contributed by atoms with Crippen LogP contribution in [0.15, 0.2) is 24.4 Å². The van der Waals surface area contributed by atoms with E-state index in [1.807, 2.05) is 0 Å². The van der Waals surface area contributed by atoms with Crippen LogP contribution in [0.25, 0.3) is 21.9 Å². The largest absolute Gasteiger partial charge is 0.369 e. The highest BCUT2D eigenvalue weighted by atomic mass is 16.1. The van der Waals surface area contributed by atoms with Crippen LogP contribution < -0.4 is 5.73 Å². The number of pyridine rings is 1. The van der Waals surface area contributed by atoms with Crippen molar-refractivity contribution in [2.75, 3.05) is 0 Å². The minimum atomic E-state index is -0.450. The van der Waals surface area contributed by atoms with E-state index in [-0.39, 0.29) is 6.42 Å². The number of nitrogens with two attached hydrogens (primary N) is 1. The molecule has 6 nitrogen and oxygen atoms in total. The van der Waals surface area contributed by atoms with Gasteiger partial charge in [-0.3, -0.25) is 9.78 Å². The first kappa shape index (κ1) is 11.2. The highest BCUT2D eigenvalue weighted by Gasteiger charge is 2.09. The number of amides is 1. The lowest BCUT2D eigenvalue weighted by Gasteiger charge is -1.97. The van der Waals surface area contributed by atoms with E-state index in [9.17, 15) is 4.79 Å². The number of aromatic nitrogens is 3. The molecule has 0 unspecified atom stereocenters. The summed E-state index contributed by atoms with van der Waals surface area (Å²) in [4.78, 5) is 22.5. The highest BCUT2D eigenvalue weighted by molar-refractivity contribution is 6.02. The molecule has 1 aromatic carbocycles. The third-order valence-electron chi connectivity index (χ3n) is 2.84. The van der Waals surface area contributed by atoms with Gasteiger partial charge in [-0.05, 0) is 18.2 Å². The number of nitriles is 1. The van der Waals surface area contributed by atoms with Crippen molar-refractivity contribution in [3.63, 3.8) is 0 Å². The van der Waals surface area contributed by atoms with Gasteiger partial charge >= 0.3 is 0 Å². The van der Waals surface area contributed by atoms with Gasteiger partial charge in [-0.2, -0.15) is 5.26 Å². The van der Waals surface area contributed by atoms with Crippen molar-refractivity contribution in [2.24, 2.45) is 5.73 Å². The zero-order chi connectivity index (χ0) is 13.4. The Balaban J connectivity index is 2.29. The average Bonchev–Trinajstić information content (AvgIpc) is 2.80. The number of nitrogens with zero attached hydrogens (tertiary/aromatic N) is 3. The number of benzene rings is 1. The van der Waals surface area contributed by atoms with E-state index in [4.69, 9.17) is 11.0 Å². The maximum absolute atomic E-state index is 10.9. The Bertz CT molecular complexity index is 843. The first-order valence-corrected chi connectivity index (χ1v) is 5.63. The number of H-pyrrole nitrogens is 1. The molecule has 92 valence electrons. The molecule has 0 radical (unpaired) electrons. The van der Waals surface area contributed by atoms with Crippen molar-refractivity contribution in [3.8, 4) is 6.07 Å². The van der Waals surface area contributed by atoms with Gasteiger partial charge in [0.1, 0.15) is 5.82 Å². The lowest BCUT2D eigenvalue weighted by Crippen LogP contribution is -2.14. The molecular weight excluding hydrogens is 242 g/mol. The molecule has 3 N–H and O–H groups in total. The molecule has 0 fully saturated rings. The second kappa shape index (κ2) is 4.07. The number of hydrogen-bond donors (Lipinski definition) is 2. The van der Waals surface area contributed by atoms with Crippen LogP contribution in [-0.4, -0.2) is 20.9 Å². The Morgan fingerprint density at radius 3 is 3.05 bits per heavy atom. The number of rotatable bonds is 2. The maximum atomic E-state index is 10.9. The van der Waals surface area contributed by atoms with Crippen molar-refractivity contribution in [1.29, 1.82) is 5.26 Å². The summed E-state index contributed by atoms with van der Waals surface area (Å²) in [6.45, 7) is 0. The fourth-order valence-corrected chi connectivity index (χ4v) is 2.03. The van der Waals surface area contributed by atoms with Crippen LogP contribution in [0.4, 0.5) is 0 Å². The zero-order valence-corrected chi connectivity index (χ0v) is 9.84. The number of hydrogen-bond acceptors (Lipinski definition) is 4. The summed E-state index contributed by atoms with van der Waals surface area (Å²) in [6.07, 6.45) is 1.70. The second-order valence-corrected chi connectivity index (χ2v) is 4.19. The van der Waals surface area contributed by atoms with Crippen LogP contribution >= 0.6 is 0 Å². The topological polar surface area (TPSA) is 108 Å². The summed E-state index contributed by atoms with van der Waals surface area (Å²) in [5.41, 5.74) is 7.86. The van der Waals surface area contributed by atoms with Crippen LogP contribution in [0.1, 0.15) is 11.4 Å². The van der Waals surface area contributed by atoms with Gasteiger partial charge in [0.05, 0.1) is 40.8 Å². The van der Waals surface area contributed by atoms with Gasteiger partial charge in [0.25, 0.3) is 0 Å². The number of nitrogens with one attached hydrogen (secondary N) is 1. The van der Waals surface area contributed by atoms with Gasteiger partial charge in [-0.1, -0.05) is 0 Å². The fourth-order valence-electron chi connectivity index (χ4n) is 2.03. The Morgan fingerprint density at radius 1 is 1.47 bits per heavy atom. The van der Waals surface area contributed by atoms with E-state index in [2.05, 4.69) is 21.0 Å². The number of imidazole rings is 1. The van der Waals surface area contributed by atoms with Crippen LogP contribution in [-0.2, 0) is 11.2 Å². The molecule has 0 spiro atoms. The molecule has 3 rings (SSSR count). The van der Waals surface area contributed by atoms with E-state index >= 15 is 0 Å². The van der Waals surface area contributed by atoms with Crippen molar-refractivity contribution in [1.82, 2.24) is 15.0 Å². The normalized spacial score (nSPS) is 10.7. The van der Waals surface area contributed by atoms with Crippen LogP contribution in [0, 0.1) is 11.3 Å². The third kappa shape index (κ3) is 1.87. The molecule has 0 saturated heterocycles. The molecule has 0 atom stereocenters. The van der Waals surface area contributed by atoms with E-state index in [0.717, 1.165) is 16.4 Å². The van der Waals surface area contributed by atoms with E-state index in [1.165, 1.54) is 0 Å². The van der Waals surface area contributed by atoms with Crippen molar-refractivity contribution >= 4 is 27.8 Å². The SMILES string of the molecule is N#Cc1ccc2ncc3[nH]c(CC(N)=O)nc3c2c1. The van der Waals surface area contributed by atoms with Gasteiger partial charge in [0.15, 0.2) is 0 Å². The van der Waals surface area contributed by atoms with Gasteiger partial charge in [-0.25, -0.2) is 4.98 Å². The molecule has 0 aliphatic heterocycles. The zero-order valence-electron chi connectivity index (χ0n) is 9.84. The summed E-state index contributed by atoms with van der Waals surface area (Å²) >= 11 is 0. The minimum absolute atomic E-state index is 0.0497. The number of primary amides is 1. The molecule has 6 heteroatoms. The predicted octanol–water partition coefficient (Wildman–Crippen LogP) is 1.01. The molecule has 2 aromatic heterocycles. The van der Waals surface area contributed by atoms with E-state index in [0.29, 0.717) is 16.9 Å². The van der Waals surface area contributed by atoms with Crippen molar-refractivity contribution in [2.45, 2.75) is 6.42 Å². The molecule has 0 saturated carbocycles. The number of fused-ring (bicyclic) bond motifs is 3. The summed E-state index contributed by atoms with van der Waals surface area (Å²) in [5, 5.41) is 9.71. The first-order valence-electron chi connectivity index (χ1n) is 5.63. The minimum Gasteiger partial charge on any atom is -0.369 e. The Morgan fingerprint density at radius 2 is 2.32 bits per heavy atom. The lowest BCUT2D eigenvalue weighted by molar-refractivity contribution is -0.117. The average molecular weight is 251 g/mol. The Hall–Kier alpha value is -2.94. The molecule has 0 bridgehead atoms. The van der Waals surface area contributed by atoms with Gasteiger partial charge in [-0.15, -0.1) is 0 Å². The summed E-state index contributed by atoms with van der Waals surface area (Å²) < 4.78 is 0. The van der Waals surface area contributed by atoms with Gasteiger partial charge in [0, 0.05) is 5.39 Å². The van der Waals surface area contributed by atoms with Crippen LogP contribution in [0.2, 0.25) is 0 Å². The number of carbonyl (C=O) groups is 1. The molecule has 2 heterocycles. The molecule has 0 aliphatic rings. The maximum Gasteiger partial charge on any atom is 0.225 e. The summed E-state index contributed by atoms with van der Waals surface area (Å²) in [6, 6.07) is 7.30. The van der Waals surface area contributed by atoms with Gasteiger partial charge in [0.2, 0.25) is 5.91 Å². The molecular formula is C13H9N5O.